The normalized spacial score (nSPS) is 12.1. The molecule has 0 aliphatic heterocycles. The Morgan fingerprint density at radius 1 is 1.37 bits per heavy atom. The van der Waals surface area contributed by atoms with Gasteiger partial charge in [-0.05, 0) is 24.6 Å². The van der Waals surface area contributed by atoms with Gasteiger partial charge in [-0.25, -0.2) is 27.3 Å². The van der Waals surface area contributed by atoms with Crippen molar-refractivity contribution in [2.24, 2.45) is 5.14 Å². The molecule has 2 N–H and O–H groups in total. The van der Waals surface area contributed by atoms with Crippen LogP contribution in [0.1, 0.15) is 11.1 Å². The first kappa shape index (κ1) is 19.5. The lowest BCUT2D eigenvalue weighted by Gasteiger charge is -2.11. The number of fused-ring (bicyclic) bond motifs is 1. The van der Waals surface area contributed by atoms with E-state index in [2.05, 4.69) is 9.97 Å². The monoisotopic (exact) mass is 416 g/mol. The van der Waals surface area contributed by atoms with E-state index in [9.17, 15) is 17.2 Å². The first-order valence-electron chi connectivity index (χ1n) is 7.65. The van der Waals surface area contributed by atoms with E-state index >= 15 is 0 Å². The Bertz CT molecular complexity index is 1130. The quantitative estimate of drug-likeness (QED) is 0.689. The van der Waals surface area contributed by atoms with Gasteiger partial charge < -0.3 is 4.74 Å². The Labute approximate surface area is 158 Å². The van der Waals surface area contributed by atoms with Gasteiger partial charge in [0.25, 0.3) is 0 Å². The fraction of sp³-hybridized carbons (Fsp3) is 0.250. The number of alkyl halides is 2. The van der Waals surface area contributed by atoms with Crippen molar-refractivity contribution in [3.8, 4) is 11.8 Å². The lowest BCUT2D eigenvalue weighted by molar-refractivity contribution is 0.147. The summed E-state index contributed by atoms with van der Waals surface area (Å²) >= 11 is 6.17. The number of aromatic nitrogens is 3. The maximum absolute atomic E-state index is 12.7. The molecule has 1 aromatic carbocycles. The van der Waals surface area contributed by atoms with Crippen LogP contribution in [0.15, 0.2) is 29.4 Å². The second-order valence-electron chi connectivity index (χ2n) is 5.78. The SMILES string of the molecule is COc1nc(-n2cc(S(N)(=O)=O)c3ccc(Cl)c(C)c32)ncc1CC(F)F. The molecule has 144 valence electrons. The fourth-order valence-electron chi connectivity index (χ4n) is 2.80. The molecule has 0 saturated heterocycles. The van der Waals surface area contributed by atoms with Crippen LogP contribution in [-0.2, 0) is 16.4 Å². The van der Waals surface area contributed by atoms with Crippen molar-refractivity contribution >= 4 is 32.5 Å². The largest absolute Gasteiger partial charge is 0.481 e. The molecule has 0 fully saturated rings. The second kappa shape index (κ2) is 7.02. The minimum absolute atomic E-state index is 0.0287. The summed E-state index contributed by atoms with van der Waals surface area (Å²) in [5.74, 6) is 0.00844. The number of primary sulfonamides is 1. The number of benzene rings is 1. The Morgan fingerprint density at radius 3 is 2.67 bits per heavy atom. The van der Waals surface area contributed by atoms with Crippen LogP contribution in [0.2, 0.25) is 5.02 Å². The Hall–Kier alpha value is -2.30. The van der Waals surface area contributed by atoms with Gasteiger partial charge in [-0.2, -0.15) is 4.98 Å². The smallest absolute Gasteiger partial charge is 0.242 e. The molecular weight excluding hydrogens is 402 g/mol. The van der Waals surface area contributed by atoms with Gasteiger partial charge in [0.2, 0.25) is 28.3 Å². The first-order chi connectivity index (χ1) is 12.6. The summed E-state index contributed by atoms with van der Waals surface area (Å²) in [6, 6.07) is 3.09. The number of halogens is 3. The summed E-state index contributed by atoms with van der Waals surface area (Å²) in [5.41, 5.74) is 1.16. The molecule has 0 aliphatic rings. The van der Waals surface area contributed by atoms with Crippen LogP contribution in [0.3, 0.4) is 0 Å². The summed E-state index contributed by atoms with van der Waals surface area (Å²) in [7, 11) is -2.74. The van der Waals surface area contributed by atoms with Crippen molar-refractivity contribution in [2.45, 2.75) is 24.7 Å². The van der Waals surface area contributed by atoms with E-state index < -0.39 is 22.9 Å². The van der Waals surface area contributed by atoms with Gasteiger partial charge >= 0.3 is 0 Å². The van der Waals surface area contributed by atoms with E-state index in [1.54, 1.807) is 13.0 Å². The second-order valence-corrected chi connectivity index (χ2v) is 7.71. The number of nitrogens with zero attached hydrogens (tertiary/aromatic N) is 3. The van der Waals surface area contributed by atoms with Gasteiger partial charge in [0.1, 0.15) is 4.90 Å². The highest BCUT2D eigenvalue weighted by Crippen LogP contribution is 2.33. The molecule has 0 radical (unpaired) electrons. The lowest BCUT2D eigenvalue weighted by Crippen LogP contribution is -2.11. The summed E-state index contributed by atoms with van der Waals surface area (Å²) in [5, 5.41) is 6.07. The van der Waals surface area contributed by atoms with E-state index in [0.29, 0.717) is 21.5 Å². The van der Waals surface area contributed by atoms with Crippen molar-refractivity contribution < 1.29 is 21.9 Å². The van der Waals surface area contributed by atoms with Crippen molar-refractivity contribution in [1.82, 2.24) is 14.5 Å². The molecule has 0 spiro atoms. The third-order valence-corrected chi connectivity index (χ3v) is 5.37. The molecular formula is C16H15ClF2N4O3S. The third-order valence-electron chi connectivity index (χ3n) is 4.02. The van der Waals surface area contributed by atoms with Crippen LogP contribution < -0.4 is 9.88 Å². The van der Waals surface area contributed by atoms with Crippen LogP contribution in [0, 0.1) is 6.92 Å². The minimum atomic E-state index is -4.04. The fourth-order valence-corrected chi connectivity index (χ4v) is 3.68. The highest BCUT2D eigenvalue weighted by Gasteiger charge is 2.22. The molecule has 0 unspecified atom stereocenters. The molecule has 0 aliphatic carbocycles. The molecule has 0 saturated carbocycles. The molecule has 2 aromatic heterocycles. The zero-order valence-corrected chi connectivity index (χ0v) is 15.9. The summed E-state index contributed by atoms with van der Waals surface area (Å²) in [6.07, 6.45) is -0.667. The molecule has 3 aromatic rings. The van der Waals surface area contributed by atoms with E-state index in [1.807, 2.05) is 0 Å². The highest BCUT2D eigenvalue weighted by atomic mass is 35.5. The topological polar surface area (TPSA) is 100 Å². The summed E-state index contributed by atoms with van der Waals surface area (Å²) < 4.78 is 55.8. The number of methoxy groups -OCH3 is 1. The van der Waals surface area contributed by atoms with Crippen LogP contribution in [0.4, 0.5) is 8.78 Å². The Balaban J connectivity index is 2.30. The number of nitrogens with two attached hydrogens (primary N) is 1. The molecule has 11 heteroatoms. The molecule has 0 amide bonds. The summed E-state index contributed by atoms with van der Waals surface area (Å²) in [6.45, 7) is 1.70. The van der Waals surface area contributed by atoms with Gasteiger partial charge in [0.05, 0.1) is 12.6 Å². The van der Waals surface area contributed by atoms with Crippen LogP contribution in [-0.4, -0.2) is 36.5 Å². The molecule has 0 bridgehead atoms. The number of hydrogen-bond donors (Lipinski definition) is 1. The van der Waals surface area contributed by atoms with Crippen molar-refractivity contribution in [2.75, 3.05) is 7.11 Å². The van der Waals surface area contributed by atoms with E-state index in [1.165, 1.54) is 30.1 Å². The van der Waals surface area contributed by atoms with Gasteiger partial charge in [-0.1, -0.05) is 11.6 Å². The summed E-state index contributed by atoms with van der Waals surface area (Å²) in [4.78, 5) is 8.11. The number of aryl methyl sites for hydroxylation is 1. The first-order valence-corrected chi connectivity index (χ1v) is 9.57. The number of sulfonamides is 1. The number of rotatable bonds is 5. The van der Waals surface area contributed by atoms with E-state index in [4.69, 9.17) is 21.5 Å². The predicted octanol–water partition coefficient (Wildman–Crippen LogP) is 2.85. The Morgan fingerprint density at radius 2 is 2.07 bits per heavy atom. The number of hydrogen-bond acceptors (Lipinski definition) is 5. The van der Waals surface area contributed by atoms with Crippen LogP contribution >= 0.6 is 11.6 Å². The van der Waals surface area contributed by atoms with Crippen molar-refractivity contribution in [3.05, 3.63) is 40.7 Å². The van der Waals surface area contributed by atoms with Gasteiger partial charge in [-0.15, -0.1) is 0 Å². The zero-order valence-electron chi connectivity index (χ0n) is 14.3. The molecule has 2 heterocycles. The predicted molar refractivity (Wildman–Crippen MR) is 96.2 cm³/mol. The van der Waals surface area contributed by atoms with Gasteiger partial charge in [0.15, 0.2) is 0 Å². The lowest BCUT2D eigenvalue weighted by atomic mass is 10.1. The van der Waals surface area contributed by atoms with Crippen molar-refractivity contribution in [1.29, 1.82) is 0 Å². The van der Waals surface area contributed by atoms with Gasteiger partial charge in [0, 0.05) is 34.8 Å². The molecule has 0 atom stereocenters. The number of ether oxygens (including phenoxy) is 1. The third kappa shape index (κ3) is 3.60. The van der Waals surface area contributed by atoms with Crippen LogP contribution in [0.25, 0.3) is 16.9 Å². The Kier molecular flexibility index (Phi) is 5.06. The standard InChI is InChI=1S/C16H15ClF2N4O3S/c1-8-11(17)4-3-10-12(27(20,24)25)7-23(14(8)10)16-21-6-9(5-13(18)19)15(22-16)26-2/h3-4,6-7,13H,5H2,1-2H3,(H2,20,24,25). The highest BCUT2D eigenvalue weighted by molar-refractivity contribution is 7.89. The van der Waals surface area contributed by atoms with Crippen LogP contribution in [0.5, 0.6) is 5.88 Å². The molecule has 27 heavy (non-hydrogen) atoms. The maximum atomic E-state index is 12.7. The average molecular weight is 417 g/mol. The molecule has 7 nitrogen and oxygen atoms in total. The van der Waals surface area contributed by atoms with E-state index in [-0.39, 0.29) is 22.3 Å². The zero-order chi connectivity index (χ0) is 19.9. The minimum Gasteiger partial charge on any atom is -0.481 e. The molecule has 3 rings (SSSR count). The van der Waals surface area contributed by atoms with Gasteiger partial charge in [-0.3, -0.25) is 4.57 Å². The maximum Gasteiger partial charge on any atom is 0.242 e. The average Bonchev–Trinajstić information content (AvgIpc) is 2.98. The van der Waals surface area contributed by atoms with E-state index in [0.717, 1.165) is 0 Å². The van der Waals surface area contributed by atoms with Crippen molar-refractivity contribution in [3.63, 3.8) is 0 Å².